The van der Waals surface area contributed by atoms with E-state index in [-0.39, 0.29) is 18.9 Å². The van der Waals surface area contributed by atoms with Gasteiger partial charge in [-0.15, -0.1) is 0 Å². The molecule has 1 heterocycles. The van der Waals surface area contributed by atoms with Crippen LogP contribution in [0.4, 0.5) is 0 Å². The Morgan fingerprint density at radius 1 is 1.32 bits per heavy atom. The lowest BCUT2D eigenvalue weighted by atomic mass is 10.0. The van der Waals surface area contributed by atoms with Crippen LogP contribution in [0.15, 0.2) is 40.8 Å². The summed E-state index contributed by atoms with van der Waals surface area (Å²) < 4.78 is 10.6. The molecule has 0 fully saturated rings. The predicted octanol–water partition coefficient (Wildman–Crippen LogP) is 2.16. The van der Waals surface area contributed by atoms with Gasteiger partial charge in [0, 0.05) is 5.56 Å². The number of hydrogen-bond donors (Lipinski definition) is 2. The summed E-state index contributed by atoms with van der Waals surface area (Å²) in [5.41, 5.74) is -0.444. The molecule has 0 aliphatic heterocycles. The minimum atomic E-state index is -1.25. The van der Waals surface area contributed by atoms with E-state index in [1.54, 1.807) is 33.1 Å². The molecule has 0 aliphatic carbocycles. The Morgan fingerprint density at radius 3 is 2.68 bits per heavy atom. The average molecular weight is 303 g/mol. The molecular weight excluding hydrogens is 282 g/mol. The van der Waals surface area contributed by atoms with E-state index in [4.69, 9.17) is 9.15 Å². The van der Waals surface area contributed by atoms with Gasteiger partial charge in [0.25, 0.3) is 0 Å². The Hall–Kier alpha value is -2.27. The van der Waals surface area contributed by atoms with Crippen molar-refractivity contribution in [1.29, 1.82) is 0 Å². The molecule has 0 saturated carbocycles. The number of para-hydroxylation sites is 1. The van der Waals surface area contributed by atoms with Crippen LogP contribution in [-0.2, 0) is 16.8 Å². The maximum absolute atomic E-state index is 12.1. The van der Waals surface area contributed by atoms with Gasteiger partial charge in [0.15, 0.2) is 0 Å². The zero-order valence-corrected chi connectivity index (χ0v) is 13.1. The molecule has 2 rings (SSSR count). The maximum atomic E-state index is 12.1. The summed E-state index contributed by atoms with van der Waals surface area (Å²) in [4.78, 5) is 12.1. The van der Waals surface area contributed by atoms with Crippen LogP contribution in [0.5, 0.6) is 5.75 Å². The fraction of sp³-hybridized carbons (Fsp3) is 0.353. The maximum Gasteiger partial charge on any atom is 0.224 e. The normalized spacial score (nSPS) is 13.5. The number of aryl methyl sites for hydroxylation is 1. The van der Waals surface area contributed by atoms with Gasteiger partial charge in [-0.25, -0.2) is 0 Å². The summed E-state index contributed by atoms with van der Waals surface area (Å²) in [7, 11) is 1.57. The molecule has 1 amide bonds. The number of ether oxygens (including phenoxy) is 1. The Labute approximate surface area is 129 Å². The summed E-state index contributed by atoms with van der Waals surface area (Å²) in [6, 6.07) is 10.8. The molecule has 1 unspecified atom stereocenters. The Balaban J connectivity index is 1.95. The summed E-state index contributed by atoms with van der Waals surface area (Å²) in [6.45, 7) is 3.49. The summed E-state index contributed by atoms with van der Waals surface area (Å²) in [5, 5.41) is 13.1. The van der Waals surface area contributed by atoms with Gasteiger partial charge in [0.1, 0.15) is 22.9 Å². The van der Waals surface area contributed by atoms with Crippen molar-refractivity contribution in [3.8, 4) is 5.75 Å². The van der Waals surface area contributed by atoms with Crippen molar-refractivity contribution in [2.45, 2.75) is 25.9 Å². The van der Waals surface area contributed by atoms with E-state index in [2.05, 4.69) is 5.32 Å². The van der Waals surface area contributed by atoms with E-state index < -0.39 is 5.60 Å². The molecule has 118 valence electrons. The summed E-state index contributed by atoms with van der Waals surface area (Å²) in [6.07, 6.45) is 0.192. The van der Waals surface area contributed by atoms with Crippen molar-refractivity contribution in [3.05, 3.63) is 53.5 Å². The first-order valence-corrected chi connectivity index (χ1v) is 7.10. The number of benzene rings is 1. The quantitative estimate of drug-likeness (QED) is 0.858. The summed E-state index contributed by atoms with van der Waals surface area (Å²) in [5.74, 6) is 1.64. The number of furan rings is 1. The van der Waals surface area contributed by atoms with Crippen molar-refractivity contribution in [2.75, 3.05) is 13.7 Å². The number of hydrogen-bond acceptors (Lipinski definition) is 4. The molecule has 0 radical (unpaired) electrons. The molecule has 0 spiro atoms. The van der Waals surface area contributed by atoms with Gasteiger partial charge < -0.3 is 19.6 Å². The first-order valence-electron chi connectivity index (χ1n) is 7.10. The Kier molecular flexibility index (Phi) is 4.88. The number of carbonyl (C=O) groups excluding carboxylic acids is 1. The first-order chi connectivity index (χ1) is 10.4. The minimum absolute atomic E-state index is 0.0773. The van der Waals surface area contributed by atoms with Crippen LogP contribution < -0.4 is 10.1 Å². The second-order valence-electron chi connectivity index (χ2n) is 5.45. The number of aliphatic hydroxyl groups is 1. The van der Waals surface area contributed by atoms with E-state index in [0.717, 1.165) is 11.3 Å². The van der Waals surface area contributed by atoms with Crippen molar-refractivity contribution in [1.82, 2.24) is 5.32 Å². The third kappa shape index (κ3) is 3.89. The van der Waals surface area contributed by atoms with Crippen molar-refractivity contribution in [2.24, 2.45) is 0 Å². The third-order valence-electron chi connectivity index (χ3n) is 3.44. The van der Waals surface area contributed by atoms with E-state index in [1.165, 1.54) is 0 Å². The SMILES string of the molecule is COc1ccccc1CC(=O)NCC(C)(O)c1ccc(C)o1. The molecular formula is C17H21NO4. The highest BCUT2D eigenvalue weighted by molar-refractivity contribution is 5.79. The lowest BCUT2D eigenvalue weighted by Gasteiger charge is -2.21. The molecule has 5 nitrogen and oxygen atoms in total. The number of nitrogens with one attached hydrogen (secondary N) is 1. The monoisotopic (exact) mass is 303 g/mol. The fourth-order valence-corrected chi connectivity index (χ4v) is 2.17. The Bertz CT molecular complexity index is 646. The molecule has 2 N–H and O–H groups in total. The average Bonchev–Trinajstić information content (AvgIpc) is 2.93. The highest BCUT2D eigenvalue weighted by Crippen LogP contribution is 2.22. The van der Waals surface area contributed by atoms with E-state index in [9.17, 15) is 9.90 Å². The van der Waals surface area contributed by atoms with Crippen molar-refractivity contribution in [3.63, 3.8) is 0 Å². The minimum Gasteiger partial charge on any atom is -0.496 e. The number of methoxy groups -OCH3 is 1. The van der Waals surface area contributed by atoms with Gasteiger partial charge in [0.05, 0.1) is 20.1 Å². The molecule has 2 aromatic rings. The predicted molar refractivity (Wildman–Crippen MR) is 82.7 cm³/mol. The van der Waals surface area contributed by atoms with Crippen molar-refractivity contribution < 1.29 is 19.1 Å². The molecule has 1 aromatic heterocycles. The van der Waals surface area contributed by atoms with Crippen LogP contribution >= 0.6 is 0 Å². The fourth-order valence-electron chi connectivity index (χ4n) is 2.17. The number of amides is 1. The zero-order chi connectivity index (χ0) is 16.2. The van der Waals surface area contributed by atoms with E-state index >= 15 is 0 Å². The number of carbonyl (C=O) groups is 1. The highest BCUT2D eigenvalue weighted by atomic mass is 16.5. The standard InChI is InChI=1S/C17H21NO4/c1-12-8-9-15(22-12)17(2,20)11-18-16(19)10-13-6-4-5-7-14(13)21-3/h4-9,20H,10-11H2,1-3H3,(H,18,19). The van der Waals surface area contributed by atoms with Crippen LogP contribution in [-0.4, -0.2) is 24.7 Å². The highest BCUT2D eigenvalue weighted by Gasteiger charge is 2.27. The molecule has 0 saturated heterocycles. The summed E-state index contributed by atoms with van der Waals surface area (Å²) >= 11 is 0. The second kappa shape index (κ2) is 6.66. The third-order valence-corrected chi connectivity index (χ3v) is 3.44. The number of rotatable bonds is 6. The van der Waals surface area contributed by atoms with Crippen LogP contribution in [0.1, 0.15) is 24.0 Å². The van der Waals surface area contributed by atoms with E-state index in [0.29, 0.717) is 11.5 Å². The van der Waals surface area contributed by atoms with Gasteiger partial charge in [-0.2, -0.15) is 0 Å². The van der Waals surface area contributed by atoms with Crippen molar-refractivity contribution >= 4 is 5.91 Å². The van der Waals surface area contributed by atoms with Gasteiger partial charge in [-0.3, -0.25) is 4.79 Å². The van der Waals surface area contributed by atoms with Crippen LogP contribution in [0.25, 0.3) is 0 Å². The second-order valence-corrected chi connectivity index (χ2v) is 5.45. The van der Waals surface area contributed by atoms with Crippen LogP contribution in [0.2, 0.25) is 0 Å². The Morgan fingerprint density at radius 2 is 2.05 bits per heavy atom. The van der Waals surface area contributed by atoms with Gasteiger partial charge >= 0.3 is 0 Å². The smallest absolute Gasteiger partial charge is 0.224 e. The van der Waals surface area contributed by atoms with E-state index in [1.807, 2.05) is 24.3 Å². The topological polar surface area (TPSA) is 71.7 Å². The van der Waals surface area contributed by atoms with Crippen LogP contribution in [0, 0.1) is 6.92 Å². The molecule has 1 aromatic carbocycles. The molecule has 22 heavy (non-hydrogen) atoms. The van der Waals surface area contributed by atoms with Gasteiger partial charge in [-0.1, -0.05) is 18.2 Å². The lowest BCUT2D eigenvalue weighted by Crippen LogP contribution is -2.39. The molecule has 0 bridgehead atoms. The molecule has 0 aliphatic rings. The van der Waals surface area contributed by atoms with Gasteiger partial charge in [0.2, 0.25) is 5.91 Å². The molecule has 1 atom stereocenters. The largest absolute Gasteiger partial charge is 0.496 e. The van der Waals surface area contributed by atoms with Crippen LogP contribution in [0.3, 0.4) is 0 Å². The molecule has 5 heteroatoms. The first kappa shape index (κ1) is 16.1. The zero-order valence-electron chi connectivity index (χ0n) is 13.1. The lowest BCUT2D eigenvalue weighted by molar-refractivity contribution is -0.121. The van der Waals surface area contributed by atoms with Gasteiger partial charge in [-0.05, 0) is 32.0 Å².